The van der Waals surface area contributed by atoms with E-state index in [1.165, 1.54) is 0 Å². The van der Waals surface area contributed by atoms with Crippen LogP contribution in [-0.2, 0) is 20.8 Å². The lowest BCUT2D eigenvalue weighted by Crippen LogP contribution is -2.28. The van der Waals surface area contributed by atoms with Gasteiger partial charge in [0.2, 0.25) is 0 Å². The third-order valence-corrected chi connectivity index (χ3v) is 4.51. The van der Waals surface area contributed by atoms with Gasteiger partial charge in [-0.3, -0.25) is 4.79 Å². The topological polar surface area (TPSA) is 83.1 Å². The van der Waals surface area contributed by atoms with Gasteiger partial charge in [-0.05, 0) is 54.8 Å². The standard InChI is InChI=1S/C22H25NO6/c1-26-19-5-2-4-16(12-19)13-23-21(24)15-29-22(25)17-7-9-18(10-8-17)28-14-20-6-3-11-27-20/h2,4-5,7-10,12,20H,3,6,11,13-15H2,1H3,(H,23,24)/t20-/m1/s1. The van der Waals surface area contributed by atoms with E-state index in [0.717, 1.165) is 25.0 Å². The van der Waals surface area contributed by atoms with Crippen LogP contribution in [0.25, 0.3) is 0 Å². The van der Waals surface area contributed by atoms with Crippen molar-refractivity contribution in [2.24, 2.45) is 0 Å². The van der Waals surface area contributed by atoms with Crippen molar-refractivity contribution >= 4 is 11.9 Å². The van der Waals surface area contributed by atoms with Crippen molar-refractivity contribution in [3.05, 3.63) is 59.7 Å². The van der Waals surface area contributed by atoms with E-state index < -0.39 is 5.97 Å². The maximum atomic E-state index is 12.1. The molecule has 0 aromatic heterocycles. The molecule has 29 heavy (non-hydrogen) atoms. The number of hydrogen-bond acceptors (Lipinski definition) is 6. The van der Waals surface area contributed by atoms with Crippen molar-refractivity contribution in [3.8, 4) is 11.5 Å². The Kier molecular flexibility index (Phi) is 7.47. The second-order valence-electron chi connectivity index (χ2n) is 6.67. The van der Waals surface area contributed by atoms with E-state index in [2.05, 4.69) is 5.32 Å². The van der Waals surface area contributed by atoms with E-state index in [1.54, 1.807) is 31.4 Å². The molecule has 2 aromatic carbocycles. The Balaban J connectivity index is 1.39. The molecule has 1 N–H and O–H groups in total. The first kappa shape index (κ1) is 20.7. The number of hydrogen-bond donors (Lipinski definition) is 1. The fourth-order valence-corrected chi connectivity index (χ4v) is 2.90. The van der Waals surface area contributed by atoms with E-state index in [9.17, 15) is 9.59 Å². The highest BCUT2D eigenvalue weighted by Crippen LogP contribution is 2.17. The monoisotopic (exact) mass is 399 g/mol. The zero-order valence-corrected chi connectivity index (χ0v) is 16.4. The van der Waals surface area contributed by atoms with E-state index >= 15 is 0 Å². The Morgan fingerprint density at radius 3 is 2.69 bits per heavy atom. The zero-order chi connectivity index (χ0) is 20.5. The van der Waals surface area contributed by atoms with Gasteiger partial charge in [-0.2, -0.15) is 0 Å². The summed E-state index contributed by atoms with van der Waals surface area (Å²) in [7, 11) is 1.58. The quantitative estimate of drug-likeness (QED) is 0.653. The highest BCUT2D eigenvalue weighted by atomic mass is 16.5. The second kappa shape index (κ2) is 10.5. The van der Waals surface area contributed by atoms with Crippen molar-refractivity contribution in [2.75, 3.05) is 26.9 Å². The number of carbonyl (C=O) groups excluding carboxylic acids is 2. The number of benzene rings is 2. The van der Waals surface area contributed by atoms with E-state index in [1.807, 2.05) is 24.3 Å². The molecule has 3 rings (SSSR count). The first-order valence-electron chi connectivity index (χ1n) is 9.55. The van der Waals surface area contributed by atoms with E-state index in [4.69, 9.17) is 18.9 Å². The van der Waals surface area contributed by atoms with Gasteiger partial charge in [0.1, 0.15) is 18.1 Å². The molecule has 154 valence electrons. The second-order valence-corrected chi connectivity index (χ2v) is 6.67. The third-order valence-electron chi connectivity index (χ3n) is 4.51. The summed E-state index contributed by atoms with van der Waals surface area (Å²) in [4.78, 5) is 24.0. The van der Waals surface area contributed by atoms with Crippen molar-refractivity contribution < 1.29 is 28.5 Å². The molecule has 0 spiro atoms. The van der Waals surface area contributed by atoms with E-state index in [-0.39, 0.29) is 18.6 Å². The molecule has 7 heteroatoms. The van der Waals surface area contributed by atoms with Crippen LogP contribution in [0.2, 0.25) is 0 Å². The van der Waals surface area contributed by atoms with Crippen LogP contribution < -0.4 is 14.8 Å². The predicted molar refractivity (Wildman–Crippen MR) is 106 cm³/mol. The summed E-state index contributed by atoms with van der Waals surface area (Å²) in [6, 6.07) is 14.0. The van der Waals surface area contributed by atoms with Crippen LogP contribution in [-0.4, -0.2) is 44.9 Å². The van der Waals surface area contributed by atoms with Crippen LogP contribution in [0.1, 0.15) is 28.8 Å². The fourth-order valence-electron chi connectivity index (χ4n) is 2.90. The lowest BCUT2D eigenvalue weighted by Gasteiger charge is -2.11. The molecule has 2 aromatic rings. The third kappa shape index (κ3) is 6.50. The largest absolute Gasteiger partial charge is 0.497 e. The van der Waals surface area contributed by atoms with Gasteiger partial charge in [-0.1, -0.05) is 12.1 Å². The van der Waals surface area contributed by atoms with Crippen LogP contribution in [0.4, 0.5) is 0 Å². The summed E-state index contributed by atoms with van der Waals surface area (Å²) in [5.74, 6) is 0.435. The molecule has 1 amide bonds. The van der Waals surface area contributed by atoms with Crippen LogP contribution >= 0.6 is 0 Å². The minimum atomic E-state index is -0.563. The van der Waals surface area contributed by atoms with Gasteiger partial charge in [0, 0.05) is 13.2 Å². The average Bonchev–Trinajstić information content (AvgIpc) is 3.29. The number of carbonyl (C=O) groups is 2. The molecular weight excluding hydrogens is 374 g/mol. The summed E-state index contributed by atoms with van der Waals surface area (Å²) in [5.41, 5.74) is 1.25. The van der Waals surface area contributed by atoms with Gasteiger partial charge in [-0.25, -0.2) is 4.79 Å². The molecule has 0 unspecified atom stereocenters. The highest BCUT2D eigenvalue weighted by Gasteiger charge is 2.16. The molecule has 1 heterocycles. The molecule has 1 aliphatic rings. The molecule has 0 aliphatic carbocycles. The number of rotatable bonds is 9. The van der Waals surface area contributed by atoms with Crippen molar-refractivity contribution in [2.45, 2.75) is 25.5 Å². The molecule has 0 saturated carbocycles. The maximum absolute atomic E-state index is 12.1. The van der Waals surface area contributed by atoms with Gasteiger partial charge in [0.15, 0.2) is 6.61 Å². The van der Waals surface area contributed by atoms with Crippen LogP contribution in [0.3, 0.4) is 0 Å². The van der Waals surface area contributed by atoms with Crippen molar-refractivity contribution in [3.63, 3.8) is 0 Å². The molecular formula is C22H25NO6. The molecule has 1 fully saturated rings. The average molecular weight is 399 g/mol. The zero-order valence-electron chi connectivity index (χ0n) is 16.4. The molecule has 0 radical (unpaired) electrons. The van der Waals surface area contributed by atoms with Crippen LogP contribution in [0.15, 0.2) is 48.5 Å². The SMILES string of the molecule is COc1cccc(CNC(=O)COC(=O)c2ccc(OC[C@H]3CCCO3)cc2)c1. The van der Waals surface area contributed by atoms with Gasteiger partial charge in [-0.15, -0.1) is 0 Å². The number of esters is 1. The first-order valence-corrected chi connectivity index (χ1v) is 9.55. The van der Waals surface area contributed by atoms with Gasteiger partial charge in [0.25, 0.3) is 5.91 Å². The summed E-state index contributed by atoms with van der Waals surface area (Å²) in [6.45, 7) is 1.26. The molecule has 1 aliphatic heterocycles. The van der Waals surface area contributed by atoms with Crippen LogP contribution in [0, 0.1) is 0 Å². The van der Waals surface area contributed by atoms with Crippen molar-refractivity contribution in [1.82, 2.24) is 5.32 Å². The lowest BCUT2D eigenvalue weighted by molar-refractivity contribution is -0.124. The molecule has 0 bridgehead atoms. The Labute approximate surface area is 169 Å². The Morgan fingerprint density at radius 2 is 1.97 bits per heavy atom. The molecule has 1 saturated heterocycles. The number of amides is 1. The number of nitrogens with one attached hydrogen (secondary N) is 1. The van der Waals surface area contributed by atoms with Crippen LogP contribution in [0.5, 0.6) is 11.5 Å². The Bertz CT molecular complexity index is 814. The minimum Gasteiger partial charge on any atom is -0.497 e. The summed E-state index contributed by atoms with van der Waals surface area (Å²) >= 11 is 0. The van der Waals surface area contributed by atoms with E-state index in [0.29, 0.717) is 30.2 Å². The van der Waals surface area contributed by atoms with Gasteiger partial charge >= 0.3 is 5.97 Å². The van der Waals surface area contributed by atoms with Crippen molar-refractivity contribution in [1.29, 1.82) is 0 Å². The summed E-state index contributed by atoms with van der Waals surface area (Å²) in [6.07, 6.45) is 2.20. The van der Waals surface area contributed by atoms with Gasteiger partial charge < -0.3 is 24.3 Å². The summed E-state index contributed by atoms with van der Waals surface area (Å²) in [5, 5.41) is 2.71. The Hall–Kier alpha value is -3.06. The highest BCUT2D eigenvalue weighted by molar-refractivity contribution is 5.91. The predicted octanol–water partition coefficient (Wildman–Crippen LogP) is 2.73. The van der Waals surface area contributed by atoms with Gasteiger partial charge in [0.05, 0.1) is 18.8 Å². The first-order chi connectivity index (χ1) is 14.1. The molecule has 7 nitrogen and oxygen atoms in total. The maximum Gasteiger partial charge on any atom is 0.338 e. The molecule has 1 atom stereocenters. The number of methoxy groups -OCH3 is 1. The normalized spacial score (nSPS) is 15.6. The smallest absolute Gasteiger partial charge is 0.338 e. The Morgan fingerprint density at radius 1 is 1.14 bits per heavy atom. The summed E-state index contributed by atoms with van der Waals surface area (Å²) < 4.78 is 21.4. The fraction of sp³-hybridized carbons (Fsp3) is 0.364. The lowest BCUT2D eigenvalue weighted by atomic mass is 10.2. The number of ether oxygens (including phenoxy) is 4. The minimum absolute atomic E-state index is 0.134.